The van der Waals surface area contributed by atoms with E-state index in [0.717, 1.165) is 6.42 Å². The monoisotopic (exact) mass is 222 g/mol. The summed E-state index contributed by atoms with van der Waals surface area (Å²) in [5.74, 6) is 0.112. The van der Waals surface area contributed by atoms with E-state index >= 15 is 0 Å². The molecule has 0 radical (unpaired) electrons. The minimum atomic E-state index is -0.307. The summed E-state index contributed by atoms with van der Waals surface area (Å²) in [5, 5.41) is 12.4. The molecule has 2 atom stereocenters. The van der Waals surface area contributed by atoms with Gasteiger partial charge < -0.3 is 20.9 Å². The maximum absolute atomic E-state index is 11.7. The molecule has 0 saturated heterocycles. The van der Waals surface area contributed by atoms with Crippen LogP contribution in [-0.4, -0.2) is 30.2 Å². The Morgan fingerprint density at radius 2 is 2.31 bits per heavy atom. The molecule has 0 heterocycles. The van der Waals surface area contributed by atoms with Crippen LogP contribution in [0.1, 0.15) is 16.8 Å². The molecule has 2 unspecified atom stereocenters. The second-order valence-corrected chi connectivity index (χ2v) is 3.86. The Bertz CT molecular complexity index is 420. The van der Waals surface area contributed by atoms with Crippen molar-refractivity contribution in [3.8, 4) is 11.5 Å². The van der Waals surface area contributed by atoms with Gasteiger partial charge in [-0.15, -0.1) is 0 Å². The molecule has 5 heteroatoms. The predicted octanol–water partition coefficient (Wildman–Crippen LogP) is 0.230. The van der Waals surface area contributed by atoms with Crippen molar-refractivity contribution in [3.63, 3.8) is 0 Å². The van der Waals surface area contributed by atoms with Crippen LogP contribution in [0.2, 0.25) is 0 Å². The van der Waals surface area contributed by atoms with E-state index in [0.29, 0.717) is 5.75 Å². The first kappa shape index (κ1) is 10.8. The molecule has 0 bridgehead atoms. The van der Waals surface area contributed by atoms with E-state index in [1.54, 1.807) is 6.07 Å². The first-order chi connectivity index (χ1) is 7.61. The Morgan fingerprint density at radius 1 is 1.62 bits per heavy atom. The smallest absolute Gasteiger partial charge is 0.255 e. The quantitative estimate of drug-likeness (QED) is 0.683. The Kier molecular flexibility index (Phi) is 2.70. The fourth-order valence-electron chi connectivity index (χ4n) is 1.46. The van der Waals surface area contributed by atoms with Crippen LogP contribution < -0.4 is 15.8 Å². The lowest BCUT2D eigenvalue weighted by Gasteiger charge is -2.07. The van der Waals surface area contributed by atoms with E-state index in [9.17, 15) is 9.90 Å². The van der Waals surface area contributed by atoms with Gasteiger partial charge in [0, 0.05) is 18.2 Å². The minimum Gasteiger partial charge on any atom is -0.507 e. The largest absolute Gasteiger partial charge is 0.507 e. The summed E-state index contributed by atoms with van der Waals surface area (Å²) < 4.78 is 4.93. The van der Waals surface area contributed by atoms with Crippen molar-refractivity contribution in [2.24, 2.45) is 5.73 Å². The summed E-state index contributed by atoms with van der Waals surface area (Å²) in [4.78, 5) is 11.7. The zero-order valence-corrected chi connectivity index (χ0v) is 8.93. The van der Waals surface area contributed by atoms with Gasteiger partial charge >= 0.3 is 0 Å². The molecule has 86 valence electrons. The lowest BCUT2D eigenvalue weighted by atomic mass is 10.2. The second-order valence-electron chi connectivity index (χ2n) is 3.86. The predicted molar refractivity (Wildman–Crippen MR) is 58.5 cm³/mol. The summed E-state index contributed by atoms with van der Waals surface area (Å²) in [7, 11) is 1.50. The number of carbonyl (C=O) groups excluding carboxylic acids is 1. The van der Waals surface area contributed by atoms with Gasteiger partial charge in [-0.2, -0.15) is 0 Å². The number of amides is 1. The number of hydrogen-bond donors (Lipinski definition) is 3. The van der Waals surface area contributed by atoms with Gasteiger partial charge in [0.15, 0.2) is 0 Å². The third-order valence-corrected chi connectivity index (χ3v) is 2.61. The highest BCUT2D eigenvalue weighted by atomic mass is 16.5. The van der Waals surface area contributed by atoms with Gasteiger partial charge in [0.25, 0.3) is 5.91 Å². The Labute approximate surface area is 93.2 Å². The van der Waals surface area contributed by atoms with Crippen LogP contribution in [-0.2, 0) is 0 Å². The molecule has 1 saturated carbocycles. The number of carbonyl (C=O) groups is 1. The van der Waals surface area contributed by atoms with Gasteiger partial charge in [0.2, 0.25) is 0 Å². The van der Waals surface area contributed by atoms with Crippen molar-refractivity contribution in [2.75, 3.05) is 7.11 Å². The van der Waals surface area contributed by atoms with Crippen LogP contribution in [0.5, 0.6) is 11.5 Å². The Hall–Kier alpha value is -1.75. The highest BCUT2D eigenvalue weighted by Crippen LogP contribution is 2.25. The number of hydrogen-bond acceptors (Lipinski definition) is 4. The minimum absolute atomic E-state index is 0.0361. The number of methoxy groups -OCH3 is 1. The first-order valence-corrected chi connectivity index (χ1v) is 5.05. The summed E-state index contributed by atoms with van der Waals surface area (Å²) in [6, 6.07) is 4.64. The fraction of sp³-hybridized carbons (Fsp3) is 0.364. The van der Waals surface area contributed by atoms with Gasteiger partial charge in [-0.25, -0.2) is 0 Å². The second kappa shape index (κ2) is 4.02. The average molecular weight is 222 g/mol. The van der Waals surface area contributed by atoms with Gasteiger partial charge in [0.1, 0.15) is 11.5 Å². The molecule has 1 fully saturated rings. The van der Waals surface area contributed by atoms with Gasteiger partial charge in [-0.05, 0) is 18.6 Å². The van der Waals surface area contributed by atoms with Crippen LogP contribution in [0, 0.1) is 0 Å². The molecule has 0 aromatic heterocycles. The van der Waals surface area contributed by atoms with E-state index in [2.05, 4.69) is 5.32 Å². The Morgan fingerprint density at radius 3 is 2.81 bits per heavy atom. The average Bonchev–Trinajstić information content (AvgIpc) is 2.93. The lowest BCUT2D eigenvalue weighted by Crippen LogP contribution is -2.29. The first-order valence-electron chi connectivity index (χ1n) is 5.05. The molecule has 1 aromatic carbocycles. The topological polar surface area (TPSA) is 84.6 Å². The standard InChI is InChI=1S/C11H14N2O3/c1-16-6-2-3-7(10(14)4-6)11(15)13-9-5-8(9)12/h2-4,8-9,14H,5,12H2,1H3,(H,13,15). The van der Waals surface area contributed by atoms with E-state index in [4.69, 9.17) is 10.5 Å². The summed E-state index contributed by atoms with van der Waals surface area (Å²) in [6.45, 7) is 0. The van der Waals surface area contributed by atoms with E-state index < -0.39 is 0 Å². The molecular weight excluding hydrogens is 208 g/mol. The van der Waals surface area contributed by atoms with Gasteiger partial charge in [-0.1, -0.05) is 0 Å². The van der Waals surface area contributed by atoms with Crippen LogP contribution in [0.15, 0.2) is 18.2 Å². The molecule has 1 amide bonds. The molecule has 1 aliphatic carbocycles. The number of phenols is 1. The van der Waals surface area contributed by atoms with Crippen LogP contribution in [0.4, 0.5) is 0 Å². The number of phenolic OH excluding ortho intramolecular Hbond substituents is 1. The van der Waals surface area contributed by atoms with E-state index in [1.165, 1.54) is 19.2 Å². The van der Waals surface area contributed by atoms with E-state index in [1.807, 2.05) is 0 Å². The summed E-state index contributed by atoms with van der Waals surface area (Å²) >= 11 is 0. The lowest BCUT2D eigenvalue weighted by molar-refractivity contribution is 0.0947. The molecule has 4 N–H and O–H groups in total. The van der Waals surface area contributed by atoms with Crippen molar-refractivity contribution in [1.82, 2.24) is 5.32 Å². The molecule has 1 aliphatic rings. The molecule has 0 aliphatic heterocycles. The van der Waals surface area contributed by atoms with Crippen molar-refractivity contribution in [2.45, 2.75) is 18.5 Å². The number of benzene rings is 1. The third kappa shape index (κ3) is 2.09. The molecule has 16 heavy (non-hydrogen) atoms. The van der Waals surface area contributed by atoms with Gasteiger partial charge in [0.05, 0.1) is 12.7 Å². The number of nitrogens with two attached hydrogens (primary N) is 1. The molecular formula is C11H14N2O3. The number of nitrogens with one attached hydrogen (secondary N) is 1. The Balaban J connectivity index is 2.10. The number of ether oxygens (including phenoxy) is 1. The van der Waals surface area contributed by atoms with Crippen LogP contribution >= 0.6 is 0 Å². The van der Waals surface area contributed by atoms with Crippen LogP contribution in [0.3, 0.4) is 0 Å². The maximum Gasteiger partial charge on any atom is 0.255 e. The van der Waals surface area contributed by atoms with Crippen LogP contribution in [0.25, 0.3) is 0 Å². The van der Waals surface area contributed by atoms with Crippen molar-refractivity contribution < 1.29 is 14.6 Å². The zero-order valence-electron chi connectivity index (χ0n) is 8.93. The molecule has 1 aromatic rings. The molecule has 0 spiro atoms. The number of rotatable bonds is 3. The summed E-state index contributed by atoms with van der Waals surface area (Å²) in [5.41, 5.74) is 5.82. The highest BCUT2D eigenvalue weighted by Gasteiger charge is 2.35. The van der Waals surface area contributed by atoms with Crippen molar-refractivity contribution in [1.29, 1.82) is 0 Å². The van der Waals surface area contributed by atoms with Crippen molar-refractivity contribution in [3.05, 3.63) is 23.8 Å². The zero-order chi connectivity index (χ0) is 11.7. The SMILES string of the molecule is COc1ccc(C(=O)NC2CC2N)c(O)c1. The summed E-state index contributed by atoms with van der Waals surface area (Å²) in [6.07, 6.45) is 0.794. The normalized spacial score (nSPS) is 22.6. The highest BCUT2D eigenvalue weighted by molar-refractivity contribution is 5.97. The van der Waals surface area contributed by atoms with Crippen molar-refractivity contribution >= 4 is 5.91 Å². The molecule has 2 rings (SSSR count). The third-order valence-electron chi connectivity index (χ3n) is 2.61. The number of aromatic hydroxyl groups is 1. The van der Waals surface area contributed by atoms with E-state index in [-0.39, 0.29) is 29.3 Å². The fourth-order valence-corrected chi connectivity index (χ4v) is 1.46. The molecule has 5 nitrogen and oxygen atoms in total. The maximum atomic E-state index is 11.7. The van der Waals surface area contributed by atoms with Gasteiger partial charge in [-0.3, -0.25) is 4.79 Å².